The molecule has 0 spiro atoms. The van der Waals surface area contributed by atoms with E-state index >= 15 is 0 Å². The molecule has 0 aliphatic carbocycles. The summed E-state index contributed by atoms with van der Waals surface area (Å²) < 4.78 is 72.8. The first-order valence-electron chi connectivity index (χ1n) is 11.2. The van der Waals surface area contributed by atoms with E-state index in [0.717, 1.165) is 12.1 Å². The molecule has 0 saturated carbocycles. The minimum absolute atomic E-state index is 0.0303. The molecule has 0 amide bonds. The van der Waals surface area contributed by atoms with Gasteiger partial charge in [0, 0.05) is 18.8 Å². The first-order valence-corrected chi connectivity index (χ1v) is 15.6. The number of pyridine rings is 1. The van der Waals surface area contributed by atoms with Crippen molar-refractivity contribution in [3.05, 3.63) is 48.2 Å². The number of nitrogens with one attached hydrogen (secondary N) is 1. The number of anilines is 2. The predicted molar refractivity (Wildman–Crippen MR) is 131 cm³/mol. The van der Waals surface area contributed by atoms with E-state index in [1.165, 1.54) is 18.3 Å². The Morgan fingerprint density at radius 2 is 1.62 bits per heavy atom. The number of nitrogens with zero attached hydrogens (tertiary/aromatic N) is 2. The maximum Gasteiger partial charge on any atom is 0.416 e. The fourth-order valence-corrected chi connectivity index (χ4v) is 5.89. The van der Waals surface area contributed by atoms with Crippen LogP contribution < -0.4 is 14.0 Å². The van der Waals surface area contributed by atoms with Gasteiger partial charge in [0.15, 0.2) is 0 Å². The quantitative estimate of drug-likeness (QED) is 0.486. The molecule has 1 aliphatic rings. The highest BCUT2D eigenvalue weighted by Crippen LogP contribution is 2.37. The summed E-state index contributed by atoms with van der Waals surface area (Å²) in [7, 11) is -5.68. The highest BCUT2D eigenvalue weighted by atomic mass is 32.2. The van der Waals surface area contributed by atoms with Crippen molar-refractivity contribution in [1.29, 1.82) is 0 Å². The van der Waals surface area contributed by atoms with Gasteiger partial charge >= 0.3 is 6.18 Å². The van der Waals surface area contributed by atoms with E-state index < -0.39 is 35.3 Å². The summed E-state index contributed by atoms with van der Waals surface area (Å²) in [5.74, 6) is 0.840. The van der Waals surface area contributed by atoms with Crippen molar-refractivity contribution in [3.63, 3.8) is 0 Å². The molecular weight excluding hydrogens is 483 g/mol. The maximum absolute atomic E-state index is 12.9. The van der Waals surface area contributed by atoms with Gasteiger partial charge in [-0.15, -0.1) is 0 Å². The largest absolute Gasteiger partial charge is 0.542 e. The van der Waals surface area contributed by atoms with Crippen LogP contribution in [0.3, 0.4) is 0 Å². The summed E-state index contributed by atoms with van der Waals surface area (Å²) in [5, 5.41) is -0.578. The van der Waals surface area contributed by atoms with E-state index in [1.807, 2.05) is 4.90 Å². The number of benzene rings is 1. The number of hydrogen-bond acceptors (Lipinski definition) is 5. The van der Waals surface area contributed by atoms with Crippen LogP contribution in [0.4, 0.5) is 24.7 Å². The summed E-state index contributed by atoms with van der Waals surface area (Å²) in [6, 6.07) is 8.25. The van der Waals surface area contributed by atoms with Crippen LogP contribution in [-0.2, 0) is 16.2 Å². The molecule has 6 nitrogen and oxygen atoms in total. The molecule has 0 atom stereocenters. The molecule has 1 N–H and O–H groups in total. The Bertz CT molecular complexity index is 1080. The second-order valence-electron chi connectivity index (χ2n) is 10.1. The highest BCUT2D eigenvalue weighted by Gasteiger charge is 2.39. The number of piperidine rings is 1. The van der Waals surface area contributed by atoms with Crippen molar-refractivity contribution in [1.82, 2.24) is 4.98 Å². The van der Waals surface area contributed by atoms with Gasteiger partial charge in [-0.05, 0) is 67.4 Å². The van der Waals surface area contributed by atoms with Crippen LogP contribution in [0.15, 0.2) is 42.6 Å². The Balaban J connectivity index is 1.58. The number of sulfonamides is 1. The van der Waals surface area contributed by atoms with E-state index in [2.05, 4.69) is 43.6 Å². The van der Waals surface area contributed by atoms with Crippen LogP contribution in [0.25, 0.3) is 0 Å². The molecule has 1 aromatic heterocycles. The van der Waals surface area contributed by atoms with Crippen LogP contribution >= 0.6 is 0 Å². The fourth-order valence-electron chi connectivity index (χ4n) is 3.46. The predicted octanol–water partition coefficient (Wildman–Crippen LogP) is 5.90. The van der Waals surface area contributed by atoms with Gasteiger partial charge in [0.05, 0.1) is 17.0 Å². The van der Waals surface area contributed by atoms with E-state index in [-0.39, 0.29) is 10.9 Å². The second-order valence-corrected chi connectivity index (χ2v) is 16.8. The standard InChI is InChI=1S/C23H32F3N3O3SSi/c1-22(2,3)34(4,5)32-19-10-11-21(27-16-19)28-33(30,31)20-12-14-29(15-13-20)18-8-6-17(7-9-18)23(24,25)26/h6-11,16,20H,12-15H2,1-5H3,(H,27,28). The lowest BCUT2D eigenvalue weighted by molar-refractivity contribution is -0.137. The molecule has 1 saturated heterocycles. The minimum Gasteiger partial charge on any atom is -0.542 e. The van der Waals surface area contributed by atoms with E-state index in [0.29, 0.717) is 37.4 Å². The van der Waals surface area contributed by atoms with Crippen LogP contribution in [0.1, 0.15) is 39.2 Å². The van der Waals surface area contributed by atoms with Crippen LogP contribution in [0.5, 0.6) is 5.75 Å². The molecular formula is C23H32F3N3O3SSi. The van der Waals surface area contributed by atoms with Crippen molar-refractivity contribution in [2.45, 2.75) is 63.2 Å². The van der Waals surface area contributed by atoms with Crippen LogP contribution in [0, 0.1) is 0 Å². The van der Waals surface area contributed by atoms with E-state index in [9.17, 15) is 21.6 Å². The molecule has 3 rings (SSSR count). The zero-order valence-corrected chi connectivity index (χ0v) is 21.9. The van der Waals surface area contributed by atoms with Gasteiger partial charge in [-0.3, -0.25) is 4.72 Å². The molecule has 0 unspecified atom stereocenters. The maximum atomic E-state index is 12.9. The van der Waals surface area contributed by atoms with Gasteiger partial charge in [0.1, 0.15) is 11.6 Å². The molecule has 2 heterocycles. The molecule has 188 valence electrons. The average Bonchev–Trinajstić information content (AvgIpc) is 2.73. The topological polar surface area (TPSA) is 71.5 Å². The van der Waals surface area contributed by atoms with Crippen molar-refractivity contribution in [2.75, 3.05) is 22.7 Å². The van der Waals surface area contributed by atoms with Gasteiger partial charge in [0.25, 0.3) is 8.32 Å². The lowest BCUT2D eigenvalue weighted by Gasteiger charge is -2.36. The summed E-state index contributed by atoms with van der Waals surface area (Å²) in [6.07, 6.45) is -2.12. The second kappa shape index (κ2) is 9.41. The molecule has 1 aliphatic heterocycles. The summed E-state index contributed by atoms with van der Waals surface area (Å²) >= 11 is 0. The zero-order chi connectivity index (χ0) is 25.4. The van der Waals surface area contributed by atoms with Gasteiger partial charge in [-0.25, -0.2) is 13.4 Å². The Morgan fingerprint density at radius 1 is 1.03 bits per heavy atom. The third-order valence-corrected chi connectivity index (χ3v) is 12.8. The lowest BCUT2D eigenvalue weighted by atomic mass is 10.1. The monoisotopic (exact) mass is 515 g/mol. The van der Waals surface area contributed by atoms with Gasteiger partial charge in [-0.2, -0.15) is 13.2 Å². The third-order valence-electron chi connectivity index (χ3n) is 6.60. The van der Waals surface area contributed by atoms with Gasteiger partial charge < -0.3 is 9.33 Å². The first-order chi connectivity index (χ1) is 15.6. The average molecular weight is 516 g/mol. The molecule has 1 aromatic carbocycles. The Labute approximate surface area is 200 Å². The molecule has 1 fully saturated rings. The van der Waals surface area contributed by atoms with Crippen molar-refractivity contribution < 1.29 is 26.0 Å². The molecule has 0 bridgehead atoms. The smallest absolute Gasteiger partial charge is 0.416 e. The SMILES string of the molecule is CC(C)(C)[Si](C)(C)Oc1ccc(NS(=O)(=O)C2CCN(c3ccc(C(F)(F)F)cc3)CC2)nc1. The van der Waals surface area contributed by atoms with Crippen molar-refractivity contribution in [2.24, 2.45) is 0 Å². The van der Waals surface area contributed by atoms with Crippen LogP contribution in [0.2, 0.25) is 18.1 Å². The number of aromatic nitrogens is 1. The number of halogens is 3. The van der Waals surface area contributed by atoms with Crippen molar-refractivity contribution >= 4 is 29.8 Å². The Kier molecular flexibility index (Phi) is 7.29. The third kappa shape index (κ3) is 6.23. The molecule has 11 heteroatoms. The zero-order valence-electron chi connectivity index (χ0n) is 20.1. The minimum atomic E-state index is -4.38. The Morgan fingerprint density at radius 3 is 2.09 bits per heavy atom. The van der Waals surface area contributed by atoms with Gasteiger partial charge in [0.2, 0.25) is 10.0 Å². The molecule has 34 heavy (non-hydrogen) atoms. The van der Waals surface area contributed by atoms with Crippen molar-refractivity contribution in [3.8, 4) is 5.75 Å². The molecule has 2 aromatic rings. The number of rotatable bonds is 6. The number of alkyl halides is 3. The van der Waals surface area contributed by atoms with E-state index in [4.69, 9.17) is 4.43 Å². The summed E-state index contributed by atoms with van der Waals surface area (Å²) in [5.41, 5.74) is -0.0538. The summed E-state index contributed by atoms with van der Waals surface area (Å²) in [6.45, 7) is 11.5. The first kappa shape index (κ1) is 26.3. The lowest BCUT2D eigenvalue weighted by Crippen LogP contribution is -2.43. The van der Waals surface area contributed by atoms with Crippen LogP contribution in [-0.4, -0.2) is 40.1 Å². The molecule has 0 radical (unpaired) electrons. The summed E-state index contributed by atoms with van der Waals surface area (Å²) in [4.78, 5) is 6.12. The highest BCUT2D eigenvalue weighted by molar-refractivity contribution is 7.93. The normalized spacial score (nSPS) is 16.4. The Hall–Kier alpha value is -2.27. The number of hydrogen-bond donors (Lipinski definition) is 1. The van der Waals surface area contributed by atoms with E-state index in [1.54, 1.807) is 12.1 Å². The fraction of sp³-hybridized carbons (Fsp3) is 0.522. The van der Waals surface area contributed by atoms with Gasteiger partial charge in [-0.1, -0.05) is 20.8 Å².